The number of hydrogen-bond donors (Lipinski definition) is 2. The molecule has 0 radical (unpaired) electrons. The molecular formula is C19H29IN4O3S. The van der Waals surface area contributed by atoms with Gasteiger partial charge in [-0.1, -0.05) is 37.2 Å². The summed E-state index contributed by atoms with van der Waals surface area (Å²) in [5.74, 6) is 1.42. The van der Waals surface area contributed by atoms with Crippen molar-refractivity contribution in [1.29, 1.82) is 0 Å². The molecule has 28 heavy (non-hydrogen) atoms. The molecule has 2 N–H and O–H groups in total. The maximum atomic E-state index is 12.4. The second-order valence-corrected chi connectivity index (χ2v) is 8.10. The number of aromatic nitrogens is 1. The Morgan fingerprint density at radius 2 is 1.82 bits per heavy atom. The van der Waals surface area contributed by atoms with E-state index in [2.05, 4.69) is 20.8 Å². The van der Waals surface area contributed by atoms with Crippen LogP contribution < -0.4 is 10.6 Å². The molecule has 0 amide bonds. The Morgan fingerprint density at radius 3 is 2.43 bits per heavy atom. The molecule has 0 saturated carbocycles. The highest BCUT2D eigenvalue weighted by Crippen LogP contribution is 2.16. The van der Waals surface area contributed by atoms with Gasteiger partial charge in [-0.25, -0.2) is 13.4 Å². The lowest BCUT2D eigenvalue weighted by Gasteiger charge is -2.11. The van der Waals surface area contributed by atoms with Crippen LogP contribution in [0.25, 0.3) is 0 Å². The molecule has 0 saturated heterocycles. The zero-order valence-electron chi connectivity index (χ0n) is 16.6. The summed E-state index contributed by atoms with van der Waals surface area (Å²) in [6, 6.07) is 8.47. The van der Waals surface area contributed by atoms with Crippen LogP contribution in [-0.2, 0) is 29.2 Å². The summed E-state index contributed by atoms with van der Waals surface area (Å²) < 4.78 is 30.1. The first-order valence-electron chi connectivity index (χ1n) is 9.28. The van der Waals surface area contributed by atoms with Crippen molar-refractivity contribution in [3.63, 3.8) is 0 Å². The van der Waals surface area contributed by atoms with Crippen molar-refractivity contribution in [3.8, 4) is 0 Å². The number of halogens is 1. The Balaban J connectivity index is 0.00000392. The van der Waals surface area contributed by atoms with E-state index < -0.39 is 9.84 Å². The Bertz CT molecular complexity index is 830. The molecule has 7 nitrogen and oxygen atoms in total. The third-order valence-electron chi connectivity index (χ3n) is 4.11. The van der Waals surface area contributed by atoms with Gasteiger partial charge in [0.05, 0.1) is 22.9 Å². The first-order chi connectivity index (χ1) is 13.0. The molecule has 0 atom stereocenters. The van der Waals surface area contributed by atoms with Crippen molar-refractivity contribution < 1.29 is 12.9 Å². The average molecular weight is 520 g/mol. The average Bonchev–Trinajstić information content (AvgIpc) is 3.08. The molecule has 0 spiro atoms. The summed E-state index contributed by atoms with van der Waals surface area (Å²) in [6.45, 7) is 7.41. The molecule has 0 bridgehead atoms. The number of rotatable bonds is 9. The summed E-state index contributed by atoms with van der Waals surface area (Å²) in [5.41, 5.74) is 1.92. The molecule has 9 heteroatoms. The molecular weight excluding hydrogens is 491 g/mol. The molecule has 1 heterocycles. The number of guanidine groups is 1. The van der Waals surface area contributed by atoms with Crippen LogP contribution in [0.15, 0.2) is 44.7 Å². The first-order valence-corrected chi connectivity index (χ1v) is 10.9. The molecule has 0 unspecified atom stereocenters. The van der Waals surface area contributed by atoms with Crippen LogP contribution in [0.5, 0.6) is 0 Å². The van der Waals surface area contributed by atoms with Crippen molar-refractivity contribution in [2.24, 2.45) is 4.99 Å². The summed E-state index contributed by atoms with van der Waals surface area (Å²) in [4.78, 5) is 4.90. The lowest BCUT2D eigenvalue weighted by atomic mass is 10.1. The predicted molar refractivity (Wildman–Crippen MR) is 122 cm³/mol. The number of nitrogens with one attached hydrogen (secondary N) is 2. The maximum Gasteiger partial charge on any atom is 0.191 e. The number of aryl methyl sites for hydroxylation is 2. The molecule has 2 aromatic rings. The number of aliphatic imine (C=N–C) groups is 1. The van der Waals surface area contributed by atoms with Crippen LogP contribution in [0, 0.1) is 0 Å². The number of nitrogens with zero attached hydrogens (tertiary/aromatic N) is 2. The fourth-order valence-corrected chi connectivity index (χ4v) is 3.84. The lowest BCUT2D eigenvalue weighted by Crippen LogP contribution is -2.39. The van der Waals surface area contributed by atoms with Gasteiger partial charge in [0.1, 0.15) is 5.76 Å². The molecule has 156 valence electrons. The maximum absolute atomic E-state index is 12.4. The van der Waals surface area contributed by atoms with Gasteiger partial charge in [-0.2, -0.15) is 0 Å². The van der Waals surface area contributed by atoms with Gasteiger partial charge in [0.15, 0.2) is 15.8 Å². The Labute approximate surface area is 184 Å². The lowest BCUT2D eigenvalue weighted by molar-refractivity contribution is 0.380. The van der Waals surface area contributed by atoms with Crippen LogP contribution in [-0.4, -0.2) is 38.4 Å². The van der Waals surface area contributed by atoms with Crippen LogP contribution in [0.3, 0.4) is 0 Å². The summed E-state index contributed by atoms with van der Waals surface area (Å²) >= 11 is 0. The zero-order valence-corrected chi connectivity index (χ0v) is 19.7. The van der Waals surface area contributed by atoms with Crippen LogP contribution in [0.2, 0.25) is 0 Å². The number of benzene rings is 1. The van der Waals surface area contributed by atoms with Gasteiger partial charge in [0, 0.05) is 25.1 Å². The van der Waals surface area contributed by atoms with E-state index in [1.165, 1.54) is 0 Å². The van der Waals surface area contributed by atoms with E-state index in [9.17, 15) is 8.42 Å². The van der Waals surface area contributed by atoms with Gasteiger partial charge >= 0.3 is 0 Å². The van der Waals surface area contributed by atoms with Crippen LogP contribution in [0.4, 0.5) is 0 Å². The van der Waals surface area contributed by atoms with Gasteiger partial charge in [0.2, 0.25) is 0 Å². The van der Waals surface area contributed by atoms with E-state index in [4.69, 9.17) is 4.52 Å². The highest BCUT2D eigenvalue weighted by Gasteiger charge is 2.15. The second-order valence-electron chi connectivity index (χ2n) is 5.99. The van der Waals surface area contributed by atoms with Crippen molar-refractivity contribution in [2.45, 2.75) is 45.1 Å². The smallest absolute Gasteiger partial charge is 0.191 e. The molecule has 0 aliphatic heterocycles. The predicted octanol–water partition coefficient (Wildman–Crippen LogP) is 2.95. The molecule has 1 aromatic carbocycles. The second kappa shape index (κ2) is 12.1. The van der Waals surface area contributed by atoms with E-state index in [-0.39, 0.29) is 36.3 Å². The SMILES string of the molecule is CCNC(=NCc1c(CC)noc1CC)NCCS(=O)(=O)c1ccccc1.I. The highest BCUT2D eigenvalue weighted by atomic mass is 127. The van der Waals surface area contributed by atoms with Crippen molar-refractivity contribution in [3.05, 3.63) is 47.3 Å². The molecule has 2 rings (SSSR count). The largest absolute Gasteiger partial charge is 0.361 e. The number of sulfone groups is 1. The van der Waals surface area contributed by atoms with Crippen molar-refractivity contribution in [1.82, 2.24) is 15.8 Å². The quantitative estimate of drug-likeness (QED) is 0.300. The fourth-order valence-electron chi connectivity index (χ4n) is 2.67. The van der Waals surface area contributed by atoms with Crippen LogP contribution >= 0.6 is 24.0 Å². The van der Waals surface area contributed by atoms with Gasteiger partial charge in [-0.05, 0) is 25.5 Å². The van der Waals surface area contributed by atoms with Gasteiger partial charge in [-0.3, -0.25) is 0 Å². The minimum Gasteiger partial charge on any atom is -0.361 e. The summed E-state index contributed by atoms with van der Waals surface area (Å²) in [5, 5.41) is 10.3. The summed E-state index contributed by atoms with van der Waals surface area (Å²) in [6.07, 6.45) is 1.55. The summed E-state index contributed by atoms with van der Waals surface area (Å²) in [7, 11) is -3.32. The van der Waals surface area contributed by atoms with E-state index in [0.717, 1.165) is 29.9 Å². The van der Waals surface area contributed by atoms with E-state index in [0.29, 0.717) is 23.9 Å². The molecule has 0 fully saturated rings. The van der Waals surface area contributed by atoms with Gasteiger partial charge in [-0.15, -0.1) is 24.0 Å². The highest BCUT2D eigenvalue weighted by molar-refractivity contribution is 14.0. The normalized spacial score (nSPS) is 11.8. The minimum absolute atomic E-state index is 0. The van der Waals surface area contributed by atoms with Crippen LogP contribution in [0.1, 0.15) is 37.8 Å². The minimum atomic E-state index is -3.32. The van der Waals surface area contributed by atoms with E-state index >= 15 is 0 Å². The third-order valence-corrected chi connectivity index (χ3v) is 5.84. The van der Waals surface area contributed by atoms with E-state index in [1.807, 2.05) is 20.8 Å². The Morgan fingerprint density at radius 1 is 1.11 bits per heavy atom. The standard InChI is InChI=1S/C19H28N4O3S.HI/c1-4-17-16(18(5-2)26-23-17)14-22-19(20-6-3)21-12-13-27(24,25)15-10-8-7-9-11-15;/h7-11H,4-6,12-14H2,1-3H3,(H2,20,21,22);1H. The van der Waals surface area contributed by atoms with E-state index in [1.54, 1.807) is 30.3 Å². The first kappa shape index (κ1) is 24.4. The molecule has 1 aromatic heterocycles. The topological polar surface area (TPSA) is 96.6 Å². The molecule has 0 aliphatic rings. The zero-order chi connectivity index (χ0) is 19.7. The Hall–Kier alpha value is -1.62. The fraction of sp³-hybridized carbons (Fsp3) is 0.474. The number of hydrogen-bond acceptors (Lipinski definition) is 5. The van der Waals surface area contributed by atoms with Gasteiger partial charge < -0.3 is 15.2 Å². The van der Waals surface area contributed by atoms with Crippen molar-refractivity contribution >= 4 is 39.8 Å². The third kappa shape index (κ3) is 6.77. The van der Waals surface area contributed by atoms with Gasteiger partial charge in [0.25, 0.3) is 0 Å². The molecule has 0 aliphatic carbocycles. The monoisotopic (exact) mass is 520 g/mol. The Kier molecular flexibility index (Phi) is 10.5. The van der Waals surface area contributed by atoms with Crippen molar-refractivity contribution in [2.75, 3.05) is 18.8 Å².